The summed E-state index contributed by atoms with van der Waals surface area (Å²) in [6.07, 6.45) is 5.94. The number of carbonyl (C=O) groups excluding carboxylic acids is 1. The summed E-state index contributed by atoms with van der Waals surface area (Å²) in [6.45, 7) is 4.85. The zero-order chi connectivity index (χ0) is 21.5. The van der Waals surface area contributed by atoms with Gasteiger partial charge >= 0.3 is 6.03 Å². The molecule has 1 aliphatic carbocycles. The molecule has 2 amide bonds. The molecule has 2 atom stereocenters. The number of fused-ring (bicyclic) bond motifs is 3. The van der Waals surface area contributed by atoms with Crippen molar-refractivity contribution in [2.75, 3.05) is 5.32 Å². The Kier molecular flexibility index (Phi) is 5.30. The highest BCUT2D eigenvalue weighted by molar-refractivity contribution is 7.22. The van der Waals surface area contributed by atoms with E-state index in [0.29, 0.717) is 16.3 Å². The molecule has 1 aromatic carbocycles. The smallest absolute Gasteiger partial charge is 0.320 e. The van der Waals surface area contributed by atoms with Gasteiger partial charge < -0.3 is 5.32 Å². The molecule has 0 radical (unpaired) electrons. The zero-order valence-corrected chi connectivity index (χ0v) is 18.8. The zero-order valence-electron chi connectivity index (χ0n) is 18.0. The van der Waals surface area contributed by atoms with Gasteiger partial charge in [-0.05, 0) is 61.6 Å². The van der Waals surface area contributed by atoms with E-state index < -0.39 is 0 Å². The summed E-state index contributed by atoms with van der Waals surface area (Å²) < 4.78 is 1.84. The maximum Gasteiger partial charge on any atom is 0.320 e. The number of nitrogens with zero attached hydrogens (tertiary/aromatic N) is 2. The first-order chi connectivity index (χ1) is 15.0. The second-order valence-electron chi connectivity index (χ2n) is 8.90. The van der Waals surface area contributed by atoms with Gasteiger partial charge in [0.2, 0.25) is 0 Å². The molecular weight excluding hydrogens is 408 g/mol. The first kappa shape index (κ1) is 20.2. The third-order valence-electron chi connectivity index (χ3n) is 6.74. The van der Waals surface area contributed by atoms with Gasteiger partial charge in [-0.1, -0.05) is 42.5 Å². The van der Waals surface area contributed by atoms with Gasteiger partial charge in [-0.2, -0.15) is 0 Å². The lowest BCUT2D eigenvalue weighted by Gasteiger charge is -2.26. The van der Waals surface area contributed by atoms with Crippen LogP contribution >= 0.6 is 11.3 Å². The molecule has 2 N–H and O–H groups in total. The number of benzene rings is 1. The normalized spacial score (nSPS) is 20.6. The molecule has 7 heteroatoms. The van der Waals surface area contributed by atoms with Crippen molar-refractivity contribution in [1.29, 1.82) is 0 Å². The largest absolute Gasteiger partial charge is 0.331 e. The minimum atomic E-state index is -0.230. The van der Waals surface area contributed by atoms with E-state index in [4.69, 9.17) is 4.98 Å². The van der Waals surface area contributed by atoms with Crippen molar-refractivity contribution < 1.29 is 4.79 Å². The molecule has 2 aliphatic rings. The predicted molar refractivity (Wildman–Crippen MR) is 125 cm³/mol. The van der Waals surface area contributed by atoms with Gasteiger partial charge in [0.05, 0.1) is 11.4 Å². The van der Waals surface area contributed by atoms with Crippen molar-refractivity contribution in [2.45, 2.75) is 65.0 Å². The number of hydrogen-bond acceptors (Lipinski definition) is 4. The second kappa shape index (κ2) is 8.11. The number of rotatable bonds is 2. The average molecular weight is 437 g/mol. The first-order valence-electron chi connectivity index (χ1n) is 11.2. The Morgan fingerprint density at radius 2 is 2.03 bits per heavy atom. The third kappa shape index (κ3) is 3.76. The van der Waals surface area contributed by atoms with Gasteiger partial charge in [0, 0.05) is 13.0 Å². The molecule has 0 spiro atoms. The fourth-order valence-electron chi connectivity index (χ4n) is 4.87. The van der Waals surface area contributed by atoms with E-state index in [1.54, 1.807) is 0 Å². The standard InChI is InChI=1S/C24H28N4O2S/c1-14-10-11-19-26-22-20(23(29)28(19)13-12-14)15(2)21(31-22)27-24(30)25-18-9-5-7-16-6-3-4-8-17(16)18/h3-4,6,8,14,18H,5,7,9-13H2,1-2H3,(H2,25,27,30)/t14-,18+/m1/s1. The number of nitrogens with one attached hydrogen (secondary N) is 2. The lowest BCUT2D eigenvalue weighted by Crippen LogP contribution is -2.34. The van der Waals surface area contributed by atoms with Crippen LogP contribution in [0.15, 0.2) is 29.1 Å². The molecule has 2 aromatic heterocycles. The number of amides is 2. The average Bonchev–Trinajstić information content (AvgIpc) is 2.93. The number of hydrogen-bond donors (Lipinski definition) is 2. The van der Waals surface area contributed by atoms with Crippen molar-refractivity contribution in [3.63, 3.8) is 0 Å². The highest BCUT2D eigenvalue weighted by Gasteiger charge is 2.24. The van der Waals surface area contributed by atoms with E-state index in [0.717, 1.165) is 61.3 Å². The second-order valence-corrected chi connectivity index (χ2v) is 9.89. The Morgan fingerprint density at radius 3 is 2.90 bits per heavy atom. The number of thiophene rings is 1. The Bertz CT molecular complexity index is 1210. The van der Waals surface area contributed by atoms with Gasteiger partial charge in [-0.15, -0.1) is 0 Å². The van der Waals surface area contributed by atoms with E-state index in [9.17, 15) is 9.59 Å². The van der Waals surface area contributed by atoms with Gasteiger partial charge in [-0.25, -0.2) is 9.78 Å². The van der Waals surface area contributed by atoms with Crippen molar-refractivity contribution in [3.05, 3.63) is 57.1 Å². The van der Waals surface area contributed by atoms with Gasteiger partial charge in [-0.3, -0.25) is 14.7 Å². The van der Waals surface area contributed by atoms with E-state index in [1.165, 1.54) is 22.5 Å². The molecule has 0 bridgehead atoms. The summed E-state index contributed by atoms with van der Waals surface area (Å²) in [7, 11) is 0. The molecule has 3 heterocycles. The summed E-state index contributed by atoms with van der Waals surface area (Å²) in [5, 5.41) is 7.47. The van der Waals surface area contributed by atoms with Crippen LogP contribution in [0.2, 0.25) is 0 Å². The number of aryl methyl sites for hydroxylation is 3. The van der Waals surface area contributed by atoms with Crippen LogP contribution in [0.3, 0.4) is 0 Å². The Balaban J connectivity index is 1.40. The monoisotopic (exact) mass is 436 g/mol. The number of urea groups is 1. The lowest BCUT2D eigenvalue weighted by molar-refractivity contribution is 0.247. The third-order valence-corrected chi connectivity index (χ3v) is 7.84. The maximum atomic E-state index is 13.2. The van der Waals surface area contributed by atoms with Crippen LogP contribution < -0.4 is 16.2 Å². The van der Waals surface area contributed by atoms with Crippen molar-refractivity contribution >= 4 is 32.6 Å². The number of anilines is 1. The lowest BCUT2D eigenvalue weighted by atomic mass is 9.88. The fraction of sp³-hybridized carbons (Fsp3) is 0.458. The van der Waals surface area contributed by atoms with E-state index in [2.05, 4.69) is 35.8 Å². The van der Waals surface area contributed by atoms with Gasteiger partial charge in [0.25, 0.3) is 5.56 Å². The molecule has 162 valence electrons. The van der Waals surface area contributed by atoms with Gasteiger partial charge in [0.1, 0.15) is 15.7 Å². The minimum absolute atomic E-state index is 0.0152. The van der Waals surface area contributed by atoms with Crippen LogP contribution in [0.1, 0.15) is 61.2 Å². The van der Waals surface area contributed by atoms with Crippen molar-refractivity contribution in [2.24, 2.45) is 5.92 Å². The summed E-state index contributed by atoms with van der Waals surface area (Å²) in [5.41, 5.74) is 3.35. The quantitative estimate of drug-likeness (QED) is 0.598. The van der Waals surface area contributed by atoms with Crippen LogP contribution in [0.5, 0.6) is 0 Å². The topological polar surface area (TPSA) is 76.0 Å². The SMILES string of the molecule is Cc1c(NC(=O)N[C@H]2CCCc3ccccc32)sc2nc3n(c(=O)c12)CC[C@H](C)CC3. The number of carbonyl (C=O) groups is 1. The van der Waals surface area contributed by atoms with Crippen LogP contribution in [-0.4, -0.2) is 15.6 Å². The van der Waals surface area contributed by atoms with Crippen LogP contribution in [-0.2, 0) is 19.4 Å². The maximum absolute atomic E-state index is 13.2. The molecule has 3 aromatic rings. The molecule has 5 rings (SSSR count). The van der Waals surface area contributed by atoms with Crippen molar-refractivity contribution in [3.8, 4) is 0 Å². The number of aromatic nitrogens is 2. The Hall–Kier alpha value is -2.67. The molecule has 0 unspecified atom stereocenters. The highest BCUT2D eigenvalue weighted by Crippen LogP contribution is 2.34. The van der Waals surface area contributed by atoms with Crippen LogP contribution in [0.25, 0.3) is 10.2 Å². The molecule has 1 aliphatic heterocycles. The molecule has 0 saturated carbocycles. The highest BCUT2D eigenvalue weighted by atomic mass is 32.1. The van der Waals surface area contributed by atoms with E-state index >= 15 is 0 Å². The van der Waals surface area contributed by atoms with Crippen LogP contribution in [0.4, 0.5) is 9.80 Å². The summed E-state index contributed by atoms with van der Waals surface area (Å²) in [5.74, 6) is 1.48. The molecule has 0 saturated heterocycles. The van der Waals surface area contributed by atoms with E-state index in [-0.39, 0.29) is 17.6 Å². The molecule has 31 heavy (non-hydrogen) atoms. The minimum Gasteiger partial charge on any atom is -0.331 e. The molecule has 6 nitrogen and oxygen atoms in total. The molecular formula is C24H28N4O2S. The van der Waals surface area contributed by atoms with E-state index in [1.807, 2.05) is 17.6 Å². The Labute approximate surface area is 185 Å². The van der Waals surface area contributed by atoms with Crippen LogP contribution in [0, 0.1) is 12.8 Å². The molecule has 0 fully saturated rings. The Morgan fingerprint density at radius 1 is 1.19 bits per heavy atom. The fourth-order valence-corrected chi connectivity index (χ4v) is 5.96. The van der Waals surface area contributed by atoms with Crippen molar-refractivity contribution in [1.82, 2.24) is 14.9 Å². The summed E-state index contributed by atoms with van der Waals surface area (Å²) in [4.78, 5) is 31.6. The summed E-state index contributed by atoms with van der Waals surface area (Å²) >= 11 is 1.40. The first-order valence-corrected chi connectivity index (χ1v) is 12.0. The predicted octanol–water partition coefficient (Wildman–Crippen LogP) is 4.94. The summed E-state index contributed by atoms with van der Waals surface area (Å²) in [6, 6.07) is 8.10. The van der Waals surface area contributed by atoms with Gasteiger partial charge in [0.15, 0.2) is 0 Å².